The van der Waals surface area contributed by atoms with Crippen molar-refractivity contribution in [2.45, 2.75) is 66.3 Å². The first-order valence-corrected chi connectivity index (χ1v) is 12.8. The fraction of sp³-hybridized carbons (Fsp3) is 0.600. The molecule has 1 atom stereocenters. The average Bonchev–Trinajstić information content (AvgIpc) is 2.71. The molecule has 12 heteroatoms. The Morgan fingerprint density at radius 1 is 1.41 bits per heavy atom. The van der Waals surface area contributed by atoms with Gasteiger partial charge in [0.25, 0.3) is 0 Å². The summed E-state index contributed by atoms with van der Waals surface area (Å²) in [6.07, 6.45) is 5.56. The molecule has 1 aromatic heterocycles. The molecular weight excluding hydrogens is 455 g/mol. The number of phosphoric ester groups is 1. The maximum Gasteiger partial charge on any atom is 0.469 e. The molecule has 0 saturated heterocycles. The van der Waals surface area contributed by atoms with Crippen LogP contribution in [0.3, 0.4) is 0 Å². The lowest BCUT2D eigenvalue weighted by Crippen LogP contribution is -2.22. The van der Waals surface area contributed by atoms with Gasteiger partial charge in [-0.3, -0.25) is 14.1 Å². The summed E-state index contributed by atoms with van der Waals surface area (Å²) in [5, 5.41) is -0.0458. The highest BCUT2D eigenvalue weighted by atomic mass is 32.2. The Hall–Kier alpha value is -1.78. The summed E-state index contributed by atoms with van der Waals surface area (Å²) in [5.74, 6) is 0.611. The number of rotatable bonds is 14. The first kappa shape index (κ1) is 28.3. The van der Waals surface area contributed by atoms with Gasteiger partial charge in [-0.15, -0.1) is 0 Å². The van der Waals surface area contributed by atoms with Gasteiger partial charge < -0.3 is 20.4 Å². The summed E-state index contributed by atoms with van der Waals surface area (Å²) in [5.41, 5.74) is 6.95. The number of nitrogens with two attached hydrogens (primary N) is 1. The van der Waals surface area contributed by atoms with Gasteiger partial charge in [0.1, 0.15) is 11.6 Å². The van der Waals surface area contributed by atoms with E-state index in [2.05, 4.69) is 21.4 Å². The van der Waals surface area contributed by atoms with Crippen molar-refractivity contribution in [3.8, 4) is 0 Å². The van der Waals surface area contributed by atoms with Crippen molar-refractivity contribution in [2.75, 3.05) is 12.3 Å². The quantitative estimate of drug-likeness (QED) is 0.261. The van der Waals surface area contributed by atoms with Crippen molar-refractivity contribution < 1.29 is 28.5 Å². The fourth-order valence-electron chi connectivity index (χ4n) is 2.92. The summed E-state index contributed by atoms with van der Waals surface area (Å²) in [7, 11) is -4.66. The molecule has 0 aromatic carbocycles. The number of allylic oxidation sites excluding steroid dienone is 1. The zero-order chi connectivity index (χ0) is 24.3. The van der Waals surface area contributed by atoms with Crippen LogP contribution in [0.1, 0.15) is 64.3 Å². The van der Waals surface area contributed by atoms with Gasteiger partial charge in [-0.25, -0.2) is 14.5 Å². The summed E-state index contributed by atoms with van der Waals surface area (Å²) in [6.45, 7) is 7.16. The second kappa shape index (κ2) is 13.7. The highest BCUT2D eigenvalue weighted by Crippen LogP contribution is 2.38. The van der Waals surface area contributed by atoms with Crippen LogP contribution in [-0.4, -0.2) is 42.8 Å². The summed E-state index contributed by atoms with van der Waals surface area (Å²) in [6, 6.07) is 0. The molecule has 180 valence electrons. The number of aromatic nitrogens is 2. The molecule has 0 bridgehead atoms. The molecule has 1 amide bonds. The molecule has 0 radical (unpaired) electrons. The maximum atomic E-state index is 12.9. The maximum absolute atomic E-state index is 12.9. The van der Waals surface area contributed by atoms with Gasteiger partial charge in [0.05, 0.1) is 13.2 Å². The summed E-state index contributed by atoms with van der Waals surface area (Å²) < 4.78 is 15.6. The van der Waals surface area contributed by atoms with E-state index in [4.69, 9.17) is 15.5 Å². The minimum Gasteiger partial charge on any atom is -0.383 e. The van der Waals surface area contributed by atoms with E-state index in [1.165, 1.54) is 11.1 Å². The first-order chi connectivity index (χ1) is 15.0. The Morgan fingerprint density at radius 2 is 2.09 bits per heavy atom. The van der Waals surface area contributed by atoms with E-state index in [1.54, 1.807) is 13.8 Å². The van der Waals surface area contributed by atoms with Gasteiger partial charge in [0.2, 0.25) is 6.41 Å². The van der Waals surface area contributed by atoms with Crippen LogP contribution in [0.5, 0.6) is 0 Å². The standard InChI is InChI=1S/C20H33N4O6PS/c1-5-7-8-16(6-2)20(26)32-18(9-10-30-31(27,28)29)14(3)24(13-25)12-17-11-22-15(4)23-19(17)21/h11,13,16H,5-10,12H2,1-4H3,(H2,21,22,23)(H2,27,28,29)/b18-14-. The lowest BCUT2D eigenvalue weighted by molar-refractivity contribution is -0.117. The Morgan fingerprint density at radius 3 is 2.62 bits per heavy atom. The molecule has 0 aliphatic heterocycles. The molecule has 0 fully saturated rings. The highest BCUT2D eigenvalue weighted by Gasteiger charge is 2.23. The summed E-state index contributed by atoms with van der Waals surface area (Å²) >= 11 is 0.992. The van der Waals surface area contributed by atoms with Crippen LogP contribution in [0.15, 0.2) is 16.8 Å². The fourth-order valence-corrected chi connectivity index (χ4v) is 4.39. The largest absolute Gasteiger partial charge is 0.469 e. The number of anilines is 1. The number of hydrogen-bond acceptors (Lipinski definition) is 8. The van der Waals surface area contributed by atoms with E-state index in [9.17, 15) is 14.2 Å². The van der Waals surface area contributed by atoms with Crippen molar-refractivity contribution >= 4 is 36.9 Å². The van der Waals surface area contributed by atoms with Crippen LogP contribution in [0.25, 0.3) is 0 Å². The highest BCUT2D eigenvalue weighted by molar-refractivity contribution is 8.17. The molecule has 10 nitrogen and oxygen atoms in total. The van der Waals surface area contributed by atoms with E-state index >= 15 is 0 Å². The molecule has 0 spiro atoms. The predicted molar refractivity (Wildman–Crippen MR) is 124 cm³/mol. The monoisotopic (exact) mass is 488 g/mol. The second-order valence-electron chi connectivity index (χ2n) is 7.31. The average molecular weight is 489 g/mol. The van der Waals surface area contributed by atoms with Crippen molar-refractivity contribution in [3.63, 3.8) is 0 Å². The van der Waals surface area contributed by atoms with E-state index in [1.807, 2.05) is 6.92 Å². The number of carbonyl (C=O) groups is 2. The van der Waals surface area contributed by atoms with Gasteiger partial charge in [-0.05, 0) is 26.7 Å². The zero-order valence-corrected chi connectivity index (χ0v) is 20.7. The van der Waals surface area contributed by atoms with E-state index in [0.29, 0.717) is 34.8 Å². The molecule has 32 heavy (non-hydrogen) atoms. The molecule has 0 saturated carbocycles. The Labute approximate surface area is 193 Å². The van der Waals surface area contributed by atoms with Crippen LogP contribution in [0, 0.1) is 12.8 Å². The minimum absolute atomic E-state index is 0.0458. The van der Waals surface area contributed by atoms with Crippen LogP contribution >= 0.6 is 19.6 Å². The third-order valence-electron chi connectivity index (χ3n) is 4.87. The molecule has 1 heterocycles. The number of carbonyl (C=O) groups excluding carboxylic acids is 2. The zero-order valence-electron chi connectivity index (χ0n) is 19.0. The Bertz CT molecular complexity index is 860. The van der Waals surface area contributed by atoms with Crippen molar-refractivity contribution in [3.05, 3.63) is 28.2 Å². The normalized spacial score (nSPS) is 13.4. The number of nitrogens with zero attached hydrogens (tertiary/aromatic N) is 3. The lowest BCUT2D eigenvalue weighted by Gasteiger charge is -2.23. The number of thioether (sulfide) groups is 1. The molecule has 0 aliphatic rings. The number of amides is 1. The number of nitrogen functional groups attached to an aromatic ring is 1. The van der Waals surface area contributed by atoms with Crippen LogP contribution in [0.2, 0.25) is 0 Å². The second-order valence-corrected chi connectivity index (χ2v) is 9.65. The molecular formula is C20H33N4O6PS. The number of aryl methyl sites for hydroxylation is 1. The smallest absolute Gasteiger partial charge is 0.383 e. The Kier molecular flexibility index (Phi) is 12.1. The minimum atomic E-state index is -4.66. The van der Waals surface area contributed by atoms with E-state index in [-0.39, 0.29) is 36.4 Å². The van der Waals surface area contributed by atoms with Gasteiger partial charge in [0, 0.05) is 34.7 Å². The van der Waals surface area contributed by atoms with Gasteiger partial charge >= 0.3 is 7.82 Å². The SMILES string of the molecule is CCCCC(CC)C(=O)S/C(CCOP(=O)(O)O)=C(/C)N(C=O)Cc1cnc(C)nc1N. The van der Waals surface area contributed by atoms with Crippen molar-refractivity contribution in [1.82, 2.24) is 14.9 Å². The molecule has 1 unspecified atom stereocenters. The topological polar surface area (TPSA) is 156 Å². The van der Waals surface area contributed by atoms with Gasteiger partial charge in [-0.1, -0.05) is 38.5 Å². The van der Waals surface area contributed by atoms with E-state index in [0.717, 1.165) is 31.0 Å². The third-order valence-corrected chi connectivity index (χ3v) is 6.66. The molecule has 4 N–H and O–H groups in total. The van der Waals surface area contributed by atoms with Crippen molar-refractivity contribution in [2.24, 2.45) is 5.92 Å². The predicted octanol–water partition coefficient (Wildman–Crippen LogP) is 3.53. The van der Waals surface area contributed by atoms with Crippen LogP contribution in [-0.2, 0) is 25.2 Å². The van der Waals surface area contributed by atoms with Gasteiger partial charge in [0.15, 0.2) is 5.12 Å². The first-order valence-electron chi connectivity index (χ1n) is 10.4. The third kappa shape index (κ3) is 9.79. The Balaban J connectivity index is 3.16. The van der Waals surface area contributed by atoms with Crippen LogP contribution in [0.4, 0.5) is 5.82 Å². The van der Waals surface area contributed by atoms with Crippen molar-refractivity contribution in [1.29, 1.82) is 0 Å². The number of phosphoric acid groups is 1. The lowest BCUT2D eigenvalue weighted by atomic mass is 10.0. The van der Waals surface area contributed by atoms with E-state index < -0.39 is 7.82 Å². The summed E-state index contributed by atoms with van der Waals surface area (Å²) in [4.78, 5) is 52.8. The number of unbranched alkanes of at least 4 members (excludes halogenated alkanes) is 1. The molecule has 1 aromatic rings. The molecule has 0 aliphatic carbocycles. The number of hydrogen-bond donors (Lipinski definition) is 3. The van der Waals surface area contributed by atoms with Crippen LogP contribution < -0.4 is 5.73 Å². The van der Waals surface area contributed by atoms with Gasteiger partial charge in [-0.2, -0.15) is 0 Å². The molecule has 1 rings (SSSR count).